The number of alkyl carbamates (subject to hydrolysis) is 1. The van der Waals surface area contributed by atoms with Crippen LogP contribution in [0.1, 0.15) is 23.5 Å². The zero-order valence-electron chi connectivity index (χ0n) is 37.5. The molecule has 0 saturated heterocycles. The van der Waals surface area contributed by atoms with Crippen molar-refractivity contribution in [3.05, 3.63) is 90.0 Å². The zero-order chi connectivity index (χ0) is 44.6. The highest BCUT2D eigenvalue weighted by Gasteiger charge is 2.29. The minimum atomic E-state index is -0.417. The topological polar surface area (TPSA) is 158 Å². The van der Waals surface area contributed by atoms with Crippen molar-refractivity contribution in [2.75, 3.05) is 178 Å². The molecular weight excluding hydrogens is 831 g/mol. The van der Waals surface area contributed by atoms with E-state index < -0.39 is 6.09 Å². The van der Waals surface area contributed by atoms with Crippen LogP contribution in [-0.2, 0) is 61.6 Å². The summed E-state index contributed by atoms with van der Waals surface area (Å²) in [5.74, 6) is 0.886. The van der Waals surface area contributed by atoms with Crippen molar-refractivity contribution >= 4 is 6.09 Å². The van der Waals surface area contributed by atoms with E-state index in [2.05, 4.69) is 29.6 Å². The van der Waals surface area contributed by atoms with Crippen LogP contribution in [-0.4, -0.2) is 184 Å². The molecule has 0 radical (unpaired) electrons. The molecule has 0 aliphatic heterocycles. The third-order valence-corrected chi connectivity index (χ3v) is 9.41. The predicted molar refractivity (Wildman–Crippen MR) is 239 cm³/mol. The van der Waals surface area contributed by atoms with Gasteiger partial charge in [-0.15, -0.1) is 0 Å². The van der Waals surface area contributed by atoms with Crippen LogP contribution < -0.4 is 10.1 Å². The molecule has 0 fully saturated rings. The third kappa shape index (κ3) is 25.1. The lowest BCUT2D eigenvalue weighted by Crippen LogP contribution is -2.27. The van der Waals surface area contributed by atoms with Gasteiger partial charge in [-0.2, -0.15) is 0 Å². The molecule has 16 nitrogen and oxygen atoms in total. The molecule has 3 aromatic carbocycles. The maximum absolute atomic E-state index is 12.3. The third-order valence-electron chi connectivity index (χ3n) is 9.41. The fourth-order valence-corrected chi connectivity index (χ4v) is 6.27. The van der Waals surface area contributed by atoms with Gasteiger partial charge in [0.25, 0.3) is 0 Å². The van der Waals surface area contributed by atoms with Crippen molar-refractivity contribution in [2.24, 2.45) is 0 Å². The average molecular weight is 902 g/mol. The van der Waals surface area contributed by atoms with E-state index in [4.69, 9.17) is 66.3 Å². The molecule has 16 heteroatoms. The van der Waals surface area contributed by atoms with E-state index in [1.54, 1.807) is 0 Å². The Morgan fingerprint density at radius 1 is 0.375 bits per heavy atom. The SMILES string of the molecule is O=C(NCCCOCCOCCOCCOCCOCCOCCOCCOCCOCCOCCOCCOCCOc1ccccc1)OCC1c2ccccc2-c2ccccc21. The Morgan fingerprint density at radius 2 is 0.688 bits per heavy atom. The standard InChI is InChI=1S/C48H71NO15/c50-48(64-41-47-45-13-6-4-11-43(45)44-12-5-7-14-46(44)47)49-15-8-16-51-17-18-52-19-20-53-21-22-54-23-24-55-25-26-56-27-28-57-29-30-58-31-32-59-33-34-60-35-36-61-37-38-62-39-40-63-42-9-2-1-3-10-42/h1-7,9-14,47H,8,15-41H2,(H,49,50). The Kier molecular flexibility index (Phi) is 31.0. The lowest BCUT2D eigenvalue weighted by molar-refractivity contribution is -0.0285. The van der Waals surface area contributed by atoms with E-state index in [0.717, 1.165) is 5.75 Å². The van der Waals surface area contributed by atoms with Crippen molar-refractivity contribution in [3.8, 4) is 16.9 Å². The molecular formula is C48H71NO15. The monoisotopic (exact) mass is 901 g/mol. The van der Waals surface area contributed by atoms with Crippen LogP contribution in [0.4, 0.5) is 4.79 Å². The van der Waals surface area contributed by atoms with E-state index in [1.807, 2.05) is 54.6 Å². The predicted octanol–water partition coefficient (Wildman–Crippen LogP) is 5.19. The first-order chi connectivity index (χ1) is 31.8. The highest BCUT2D eigenvalue weighted by atomic mass is 16.6. The number of nitrogens with one attached hydrogen (secondary N) is 1. The zero-order valence-corrected chi connectivity index (χ0v) is 37.5. The number of rotatable bonds is 43. The van der Waals surface area contributed by atoms with Gasteiger partial charge in [-0.1, -0.05) is 66.7 Å². The second kappa shape index (κ2) is 37.5. The maximum atomic E-state index is 12.3. The molecule has 1 N–H and O–H groups in total. The number of carbonyl (C=O) groups is 1. The van der Waals surface area contributed by atoms with E-state index in [9.17, 15) is 4.79 Å². The van der Waals surface area contributed by atoms with Crippen LogP contribution in [0.15, 0.2) is 78.9 Å². The summed E-state index contributed by atoms with van der Waals surface area (Å²) in [6, 6.07) is 26.2. The lowest BCUT2D eigenvalue weighted by atomic mass is 9.98. The van der Waals surface area contributed by atoms with Crippen LogP contribution in [0.5, 0.6) is 5.75 Å². The number of hydrogen-bond donors (Lipinski definition) is 1. The van der Waals surface area contributed by atoms with Gasteiger partial charge in [0.05, 0.1) is 152 Å². The van der Waals surface area contributed by atoms with Crippen molar-refractivity contribution in [1.29, 1.82) is 0 Å². The first-order valence-corrected chi connectivity index (χ1v) is 22.5. The van der Waals surface area contributed by atoms with Gasteiger partial charge in [0, 0.05) is 19.1 Å². The molecule has 4 rings (SSSR count). The molecule has 0 spiro atoms. The summed E-state index contributed by atoms with van der Waals surface area (Å²) in [4.78, 5) is 12.3. The first-order valence-electron chi connectivity index (χ1n) is 22.5. The fourth-order valence-electron chi connectivity index (χ4n) is 6.27. The van der Waals surface area contributed by atoms with Gasteiger partial charge in [0.15, 0.2) is 0 Å². The Hall–Kier alpha value is -3.75. The summed E-state index contributed by atoms with van der Waals surface area (Å²) in [6.07, 6.45) is 0.264. The molecule has 64 heavy (non-hydrogen) atoms. The fraction of sp³-hybridized carbons (Fsp3) is 0.604. The molecule has 1 aliphatic rings. The van der Waals surface area contributed by atoms with E-state index in [0.29, 0.717) is 185 Å². The van der Waals surface area contributed by atoms with Crippen molar-refractivity contribution in [2.45, 2.75) is 12.3 Å². The maximum Gasteiger partial charge on any atom is 0.407 e. The van der Waals surface area contributed by atoms with E-state index in [-0.39, 0.29) is 5.92 Å². The number of fused-ring (bicyclic) bond motifs is 3. The first kappa shape index (κ1) is 52.9. The molecule has 1 amide bonds. The van der Waals surface area contributed by atoms with Gasteiger partial charge in [0.1, 0.15) is 19.0 Å². The second-order valence-electron chi connectivity index (χ2n) is 14.1. The number of carbonyl (C=O) groups excluding carboxylic acids is 1. The molecule has 0 unspecified atom stereocenters. The molecule has 1 aliphatic carbocycles. The lowest BCUT2D eigenvalue weighted by Gasteiger charge is -2.14. The van der Waals surface area contributed by atoms with Gasteiger partial charge >= 0.3 is 6.09 Å². The Balaban J connectivity index is 0.750. The molecule has 0 saturated carbocycles. The summed E-state index contributed by atoms with van der Waals surface area (Å²) in [5, 5.41) is 2.81. The Labute approximate surface area is 379 Å². The highest BCUT2D eigenvalue weighted by molar-refractivity contribution is 5.79. The van der Waals surface area contributed by atoms with Gasteiger partial charge < -0.3 is 71.6 Å². The van der Waals surface area contributed by atoms with Crippen LogP contribution in [0.2, 0.25) is 0 Å². The van der Waals surface area contributed by atoms with Gasteiger partial charge in [-0.05, 0) is 40.8 Å². The molecule has 0 atom stereocenters. The molecule has 0 bridgehead atoms. The molecule has 3 aromatic rings. The number of ether oxygens (including phenoxy) is 14. The smallest absolute Gasteiger partial charge is 0.407 e. The number of para-hydroxylation sites is 1. The quantitative estimate of drug-likeness (QED) is 0.0740. The summed E-state index contributed by atoms with van der Waals surface area (Å²) in [7, 11) is 0. The summed E-state index contributed by atoms with van der Waals surface area (Å²) >= 11 is 0. The molecule has 0 heterocycles. The second-order valence-corrected chi connectivity index (χ2v) is 14.1. The number of hydrogen-bond acceptors (Lipinski definition) is 15. The molecule has 358 valence electrons. The van der Waals surface area contributed by atoms with Crippen LogP contribution in [0, 0.1) is 0 Å². The van der Waals surface area contributed by atoms with Gasteiger partial charge in [0.2, 0.25) is 0 Å². The van der Waals surface area contributed by atoms with Crippen molar-refractivity contribution in [3.63, 3.8) is 0 Å². The van der Waals surface area contributed by atoms with Crippen LogP contribution in [0.25, 0.3) is 11.1 Å². The van der Waals surface area contributed by atoms with Gasteiger partial charge in [-0.25, -0.2) is 4.79 Å². The number of benzene rings is 3. The number of amides is 1. The van der Waals surface area contributed by atoms with Crippen LogP contribution >= 0.6 is 0 Å². The normalized spacial score (nSPS) is 12.1. The Morgan fingerprint density at radius 3 is 1.06 bits per heavy atom. The summed E-state index contributed by atoms with van der Waals surface area (Å²) in [5.41, 5.74) is 4.80. The van der Waals surface area contributed by atoms with E-state index in [1.165, 1.54) is 22.3 Å². The summed E-state index contributed by atoms with van der Waals surface area (Å²) < 4.78 is 77.4. The summed E-state index contributed by atoms with van der Waals surface area (Å²) in [6.45, 7) is 13.2. The van der Waals surface area contributed by atoms with E-state index >= 15 is 0 Å². The van der Waals surface area contributed by atoms with Crippen LogP contribution in [0.3, 0.4) is 0 Å². The largest absolute Gasteiger partial charge is 0.491 e. The Bertz CT molecular complexity index is 1510. The average Bonchev–Trinajstić information content (AvgIpc) is 3.65. The van der Waals surface area contributed by atoms with Crippen molar-refractivity contribution < 1.29 is 71.1 Å². The van der Waals surface area contributed by atoms with Crippen molar-refractivity contribution in [1.82, 2.24) is 5.32 Å². The minimum absolute atomic E-state index is 0.0463. The minimum Gasteiger partial charge on any atom is -0.491 e. The molecule has 0 aromatic heterocycles. The highest BCUT2D eigenvalue weighted by Crippen LogP contribution is 2.44. The van der Waals surface area contributed by atoms with Gasteiger partial charge in [-0.3, -0.25) is 0 Å².